The van der Waals surface area contributed by atoms with Gasteiger partial charge >= 0.3 is 0 Å². The first-order valence-electron chi connectivity index (χ1n) is 12.6. The Morgan fingerprint density at radius 2 is 1.95 bits per heavy atom. The number of nitrogens with zero attached hydrogens (tertiary/aromatic N) is 4. The Bertz CT molecular complexity index is 1350. The molecule has 1 atom stereocenters. The van der Waals surface area contributed by atoms with Gasteiger partial charge in [-0.1, -0.05) is 13.8 Å². The zero-order valence-corrected chi connectivity index (χ0v) is 22.6. The lowest BCUT2D eigenvalue weighted by atomic mass is 9.94. The van der Waals surface area contributed by atoms with E-state index in [1.54, 1.807) is 27.3 Å². The smallest absolute Gasteiger partial charge is 0.246 e. The van der Waals surface area contributed by atoms with Crippen molar-refractivity contribution < 1.29 is 12.8 Å². The lowest BCUT2D eigenvalue weighted by Gasteiger charge is -2.42. The summed E-state index contributed by atoms with van der Waals surface area (Å²) in [5, 5.41) is 15.5. The summed E-state index contributed by atoms with van der Waals surface area (Å²) in [6.07, 6.45) is 4.29. The summed E-state index contributed by atoms with van der Waals surface area (Å²) >= 11 is 0. The van der Waals surface area contributed by atoms with Gasteiger partial charge in [-0.25, -0.2) is 12.8 Å². The number of benzene rings is 2. The van der Waals surface area contributed by atoms with Crippen molar-refractivity contribution in [2.24, 2.45) is 5.92 Å². The zero-order valence-electron chi connectivity index (χ0n) is 21.8. The number of sulfonamides is 1. The third kappa shape index (κ3) is 5.92. The molecule has 2 N–H and O–H groups in total. The second-order valence-corrected chi connectivity index (χ2v) is 11.8. The van der Waals surface area contributed by atoms with Crippen LogP contribution in [-0.2, 0) is 16.6 Å². The topological polar surface area (TPSA) is 94.3 Å². The number of aryl methyl sites for hydroxylation is 2. The van der Waals surface area contributed by atoms with E-state index >= 15 is 0 Å². The molecule has 1 aliphatic heterocycles. The number of halogens is 1. The third-order valence-electron chi connectivity index (χ3n) is 6.70. The highest BCUT2D eigenvalue weighted by Crippen LogP contribution is 2.34. The van der Waals surface area contributed by atoms with Crippen molar-refractivity contribution in [1.29, 1.82) is 5.41 Å². The summed E-state index contributed by atoms with van der Waals surface area (Å²) in [5.74, 6) is 0.101. The minimum atomic E-state index is -3.69. The standard InChI is InChI=1S/C27H35FN6O2S/c1-5-33-17-24(15-30-33)37(35,36)34-11-10-32(16-19(2)3)27(18-34)25-13-21(14-29)26(12-20(25)4)31-23-8-6-22(28)7-9-23/h6-9,12-15,17,19,27,29,31H,5,10-11,16,18H2,1-4H3. The van der Waals surface area contributed by atoms with Crippen LogP contribution in [0.1, 0.15) is 43.5 Å². The fraction of sp³-hybridized carbons (Fsp3) is 0.407. The van der Waals surface area contributed by atoms with E-state index < -0.39 is 10.0 Å². The Morgan fingerprint density at radius 1 is 1.22 bits per heavy atom. The number of rotatable bonds is 9. The molecule has 2 heterocycles. The number of piperazine rings is 1. The second kappa shape index (κ2) is 11.1. The van der Waals surface area contributed by atoms with Crippen LogP contribution in [-0.4, -0.2) is 59.8 Å². The molecule has 0 bridgehead atoms. The number of nitrogens with one attached hydrogen (secondary N) is 2. The molecule has 0 amide bonds. The molecule has 10 heteroatoms. The van der Waals surface area contributed by atoms with E-state index in [1.165, 1.54) is 24.5 Å². The molecule has 1 saturated heterocycles. The van der Waals surface area contributed by atoms with E-state index in [9.17, 15) is 12.8 Å². The largest absolute Gasteiger partial charge is 0.355 e. The van der Waals surface area contributed by atoms with Crippen LogP contribution < -0.4 is 5.32 Å². The normalized spacial score (nSPS) is 17.3. The maximum Gasteiger partial charge on any atom is 0.246 e. The van der Waals surface area contributed by atoms with E-state index in [0.717, 1.165) is 29.0 Å². The summed E-state index contributed by atoms with van der Waals surface area (Å²) in [7, 11) is -3.69. The van der Waals surface area contributed by atoms with E-state index in [4.69, 9.17) is 5.41 Å². The van der Waals surface area contributed by atoms with Crippen molar-refractivity contribution in [2.45, 2.75) is 45.2 Å². The summed E-state index contributed by atoms with van der Waals surface area (Å²) in [6.45, 7) is 11.0. The first-order chi connectivity index (χ1) is 17.6. The number of anilines is 2. The van der Waals surface area contributed by atoms with Gasteiger partial charge in [0.1, 0.15) is 10.7 Å². The molecule has 198 valence electrons. The van der Waals surface area contributed by atoms with Gasteiger partial charge in [-0.05, 0) is 67.3 Å². The molecular weight excluding hydrogens is 491 g/mol. The summed E-state index contributed by atoms with van der Waals surface area (Å²) in [4.78, 5) is 2.55. The van der Waals surface area contributed by atoms with Gasteiger partial charge in [-0.15, -0.1) is 0 Å². The third-order valence-corrected chi connectivity index (χ3v) is 8.52. The molecule has 1 aliphatic rings. The second-order valence-electron chi connectivity index (χ2n) is 9.87. The molecule has 8 nitrogen and oxygen atoms in total. The summed E-state index contributed by atoms with van der Waals surface area (Å²) < 4.78 is 43.5. The van der Waals surface area contributed by atoms with Crippen LogP contribution in [0.15, 0.2) is 53.7 Å². The number of hydrogen-bond acceptors (Lipinski definition) is 6. The minimum absolute atomic E-state index is 0.161. The Kier molecular flexibility index (Phi) is 8.11. The molecule has 4 rings (SSSR count). The Balaban J connectivity index is 1.68. The summed E-state index contributed by atoms with van der Waals surface area (Å²) in [6, 6.07) is 9.87. The van der Waals surface area contributed by atoms with Crippen molar-refractivity contribution in [2.75, 3.05) is 31.5 Å². The average molecular weight is 527 g/mol. The van der Waals surface area contributed by atoms with Gasteiger partial charge in [0.05, 0.1) is 6.20 Å². The fourth-order valence-electron chi connectivity index (χ4n) is 4.81. The van der Waals surface area contributed by atoms with Gasteiger partial charge in [-0.2, -0.15) is 9.40 Å². The highest BCUT2D eigenvalue weighted by molar-refractivity contribution is 7.89. The maximum atomic E-state index is 13.5. The lowest BCUT2D eigenvalue weighted by molar-refractivity contribution is 0.105. The zero-order chi connectivity index (χ0) is 26.7. The molecule has 0 radical (unpaired) electrons. The van der Waals surface area contributed by atoms with Crippen molar-refractivity contribution in [3.8, 4) is 0 Å². The van der Waals surface area contributed by atoms with Crippen LogP contribution in [0.2, 0.25) is 0 Å². The Labute approximate surface area is 218 Å². The highest BCUT2D eigenvalue weighted by Gasteiger charge is 2.36. The fourth-order valence-corrected chi connectivity index (χ4v) is 6.21. The predicted molar refractivity (Wildman–Crippen MR) is 145 cm³/mol. The molecule has 2 aromatic carbocycles. The molecule has 37 heavy (non-hydrogen) atoms. The predicted octanol–water partition coefficient (Wildman–Crippen LogP) is 4.80. The molecule has 1 fully saturated rings. The molecule has 1 unspecified atom stereocenters. The van der Waals surface area contributed by atoms with Crippen LogP contribution in [0.5, 0.6) is 0 Å². The van der Waals surface area contributed by atoms with Crippen molar-refractivity contribution in [3.63, 3.8) is 0 Å². The highest BCUT2D eigenvalue weighted by atomic mass is 32.2. The summed E-state index contributed by atoms with van der Waals surface area (Å²) in [5.41, 5.74) is 4.13. The Hall–Kier alpha value is -3.08. The lowest BCUT2D eigenvalue weighted by Crippen LogP contribution is -2.51. The van der Waals surface area contributed by atoms with Crippen LogP contribution in [0.25, 0.3) is 0 Å². The van der Waals surface area contributed by atoms with E-state index in [1.807, 2.05) is 26.0 Å². The Morgan fingerprint density at radius 3 is 2.57 bits per heavy atom. The van der Waals surface area contributed by atoms with Crippen LogP contribution in [0.3, 0.4) is 0 Å². The molecule has 0 aliphatic carbocycles. The van der Waals surface area contributed by atoms with Gasteiger partial charge in [-0.3, -0.25) is 9.58 Å². The molecular formula is C27H35FN6O2S. The van der Waals surface area contributed by atoms with Gasteiger partial charge in [0.2, 0.25) is 10.0 Å². The van der Waals surface area contributed by atoms with Gasteiger partial charge in [0, 0.05) is 68.1 Å². The average Bonchev–Trinajstić information content (AvgIpc) is 3.36. The van der Waals surface area contributed by atoms with Crippen LogP contribution in [0, 0.1) is 24.1 Å². The monoisotopic (exact) mass is 526 g/mol. The van der Waals surface area contributed by atoms with Crippen molar-refractivity contribution in [3.05, 3.63) is 71.3 Å². The SMILES string of the molecule is CCn1cc(S(=O)(=O)N2CCN(CC(C)C)C(c3cc(C=N)c(Nc4ccc(F)cc4)cc3C)C2)cn1. The van der Waals surface area contributed by atoms with Crippen LogP contribution in [0.4, 0.5) is 15.8 Å². The molecule has 1 aromatic heterocycles. The first kappa shape index (κ1) is 27.0. The van der Waals surface area contributed by atoms with Crippen molar-refractivity contribution >= 4 is 27.6 Å². The number of aromatic nitrogens is 2. The van der Waals surface area contributed by atoms with Crippen molar-refractivity contribution in [1.82, 2.24) is 19.0 Å². The molecule has 0 spiro atoms. The van der Waals surface area contributed by atoms with Gasteiger partial charge in [0.25, 0.3) is 0 Å². The van der Waals surface area contributed by atoms with E-state index in [0.29, 0.717) is 37.7 Å². The first-order valence-corrected chi connectivity index (χ1v) is 14.0. The minimum Gasteiger partial charge on any atom is -0.355 e. The quantitative estimate of drug-likeness (QED) is 0.391. The number of hydrogen-bond donors (Lipinski definition) is 2. The van der Waals surface area contributed by atoms with E-state index in [2.05, 4.69) is 29.2 Å². The van der Waals surface area contributed by atoms with Gasteiger partial charge in [0.15, 0.2) is 0 Å². The molecule has 0 saturated carbocycles. The van der Waals surface area contributed by atoms with E-state index in [-0.39, 0.29) is 16.8 Å². The maximum absolute atomic E-state index is 13.5. The van der Waals surface area contributed by atoms with Gasteiger partial charge < -0.3 is 10.7 Å². The van der Waals surface area contributed by atoms with Crippen LogP contribution >= 0.6 is 0 Å². The molecule has 3 aromatic rings.